The second-order valence-corrected chi connectivity index (χ2v) is 52.5. The summed E-state index contributed by atoms with van der Waals surface area (Å²) >= 11 is 0. The number of piperidine rings is 3. The van der Waals surface area contributed by atoms with Crippen LogP contribution >= 0.6 is 0 Å². The zero-order valence-electron chi connectivity index (χ0n) is 86.9. The maximum atomic E-state index is 14.9. The van der Waals surface area contributed by atoms with E-state index in [1.165, 1.54) is 130 Å². The number of carbonyl (C=O) groups is 6. The van der Waals surface area contributed by atoms with E-state index in [4.69, 9.17) is 14.2 Å². The first-order chi connectivity index (χ1) is 70.2. The van der Waals surface area contributed by atoms with Crippen molar-refractivity contribution in [2.75, 3.05) is 106 Å². The molecule has 27 nitrogen and oxygen atoms in total. The number of carbonyl (C=O) groups excluding carboxylic acids is 6. The van der Waals surface area contributed by atoms with Crippen LogP contribution in [0.25, 0.3) is 66.5 Å². The van der Waals surface area contributed by atoms with Gasteiger partial charge in [-0.3, -0.25) is 28.8 Å². The van der Waals surface area contributed by atoms with Crippen LogP contribution < -0.4 is 33.7 Å². The summed E-state index contributed by atoms with van der Waals surface area (Å²) in [6, 6.07) is 36.0. The number of fused-ring (bicyclic) bond motifs is 21. The van der Waals surface area contributed by atoms with Gasteiger partial charge < -0.3 is 57.7 Å². The second-order valence-electron chi connectivity index (χ2n) is 46.6. The summed E-state index contributed by atoms with van der Waals surface area (Å²) in [5, 5.41) is 6.31. The average molecular weight is 2050 g/mol. The lowest BCUT2D eigenvalue weighted by molar-refractivity contribution is -0.141. The summed E-state index contributed by atoms with van der Waals surface area (Å²) in [7, 11) is -1.69. The van der Waals surface area contributed by atoms with Gasteiger partial charge in [-0.2, -0.15) is 0 Å². The van der Waals surface area contributed by atoms with Crippen molar-refractivity contribution in [2.45, 2.75) is 310 Å². The highest BCUT2D eigenvalue weighted by Gasteiger charge is 2.68. The van der Waals surface area contributed by atoms with Crippen molar-refractivity contribution in [1.82, 2.24) is 57.7 Å². The molecule has 30 heteroatoms. The molecule has 146 heavy (non-hydrogen) atoms. The van der Waals surface area contributed by atoms with E-state index >= 15 is 0 Å². The Labute approximate surface area is 861 Å². The third kappa shape index (κ3) is 17.7. The molecule has 3 aromatic heterocycles. The van der Waals surface area contributed by atoms with Crippen LogP contribution in [0.15, 0.2) is 109 Å². The number of nitrogens with zero attached hydrogens (tertiary/aromatic N) is 8. The summed E-state index contributed by atoms with van der Waals surface area (Å²) < 4.78 is 107. The third-order valence-corrected chi connectivity index (χ3v) is 42.7. The summed E-state index contributed by atoms with van der Waals surface area (Å²) in [4.78, 5) is 96.3. The standard InChI is InChI=1S/2C39H50N4O5S.C38H48N4O5S/c1-25(2)49(46,47)40-36(44)27-11-13-30-33(21-27)43-24-39(37(45)42-19-16-38(17-20-42)15-8-18-41(38)3)23-32(39)31-22-28(48-4)12-14-29(31)35(43)34(30)26-9-6-5-7-10-26;1-4-21-49(46,47)40-36(44)27-11-13-30-33(22-27)43-25-39(37(45)42-19-16-38(17-20-42)15-8-18-41(38)2)24-32(39)31-23-28(48-3)12-14-29(31)35(43)34(30)26-9-6-5-7-10-26;1-3-20-48(45,46)40-35(43)26-10-12-29-32(21-26)42-24-38(36(44)41-18-15-37(16-19-41)14-7-17-39-37)23-31(38)30-22-27(47-2)11-13-28(30)34(42)33(29)25-8-5-4-6-9-25/h11-14,21-22,25-26,32H,5-10,15-20,23-24H2,1-4H3,(H,40,44);11-14,22-23,26,32H,4-10,15-21,24-25H2,1-3H3,(H,40,44);10-13,21-22,25,31,39H,3-9,14-20,23-24H2,1-2H3,(H,40,43). The van der Waals surface area contributed by atoms with Crippen molar-refractivity contribution in [3.8, 4) is 51.0 Å². The molecule has 6 saturated carbocycles. The number of nitrogens with one attached hydrogen (secondary N) is 4. The van der Waals surface area contributed by atoms with E-state index in [2.05, 4.69) is 108 Å². The summed E-state index contributed by atoms with van der Waals surface area (Å²) in [6.07, 6.45) is 33.9. The Morgan fingerprint density at radius 3 is 0.993 bits per heavy atom. The SMILES string of the molecule is CCCS(=O)(=O)NC(=O)c1ccc2c(C3CCCCC3)c3n(c2c1)CC1(C(=O)N2CCC4(CCCN4)CC2)CC1c1cc(OC)ccc1-3.CCCS(=O)(=O)NC(=O)c1ccc2c(C3CCCCC3)c3n(c2c1)CC1(C(=O)N2CCC4(CCCN4C)CC2)CC1c1cc(OC)ccc1-3.COc1ccc2c(c1)C1CC1(C(=O)N1CCC3(CCCN3C)CC1)Cn1c-2c(C2CCCCC2)c2ccc(C(=O)NS(=O)(=O)C(C)C)cc21. The van der Waals surface area contributed by atoms with Gasteiger partial charge in [-0.15, -0.1) is 0 Å². The molecule has 6 unspecified atom stereocenters. The maximum absolute atomic E-state index is 14.9. The lowest BCUT2D eigenvalue weighted by Crippen LogP contribution is -2.53. The Bertz CT molecular complexity index is 7050. The highest BCUT2D eigenvalue weighted by molar-refractivity contribution is 7.90. The van der Waals surface area contributed by atoms with E-state index in [1.54, 1.807) is 67.2 Å². The molecule has 6 saturated heterocycles. The van der Waals surface area contributed by atoms with Gasteiger partial charge in [-0.1, -0.05) is 89.8 Å². The number of benzene rings is 6. The molecular weight excluding hydrogens is 1900 g/mol. The zero-order valence-corrected chi connectivity index (χ0v) is 89.3. The van der Waals surface area contributed by atoms with E-state index in [-0.39, 0.29) is 63.6 Å². The van der Waals surface area contributed by atoms with Crippen molar-refractivity contribution < 1.29 is 68.2 Å². The monoisotopic (exact) mass is 2050 g/mol. The molecular formula is C116H148N12O15S3. The van der Waals surface area contributed by atoms with Crippen molar-refractivity contribution in [1.29, 1.82) is 0 Å². The molecule has 6 aromatic carbocycles. The average Bonchev–Trinajstić information content (AvgIpc) is 1.52. The molecule has 0 radical (unpaired) electrons. The molecule has 12 fully saturated rings. The fourth-order valence-corrected chi connectivity index (χ4v) is 32.3. The van der Waals surface area contributed by atoms with Crippen LogP contribution in [0.1, 0.15) is 333 Å². The van der Waals surface area contributed by atoms with Crippen LogP contribution in [0.3, 0.4) is 0 Å². The van der Waals surface area contributed by atoms with E-state index in [0.29, 0.717) is 66.9 Å². The summed E-state index contributed by atoms with van der Waals surface area (Å²) in [5.74, 6) is 2.40. The van der Waals surface area contributed by atoms with E-state index in [9.17, 15) is 54.0 Å². The van der Waals surface area contributed by atoms with Crippen LogP contribution in [0.4, 0.5) is 0 Å². The van der Waals surface area contributed by atoms with Crippen LogP contribution in [0.2, 0.25) is 0 Å². The minimum absolute atomic E-state index is 0.0759. The molecule has 6 atom stereocenters. The second kappa shape index (κ2) is 38.7. The lowest BCUT2D eigenvalue weighted by atomic mass is 9.81. The summed E-state index contributed by atoms with van der Waals surface area (Å²) in [5.41, 5.74) is 16.9. The first kappa shape index (κ1) is 100. The molecule has 780 valence electrons. The highest BCUT2D eigenvalue weighted by atomic mass is 32.2. The van der Waals surface area contributed by atoms with Crippen LogP contribution in [0, 0.1) is 16.2 Å². The quantitative estimate of drug-likeness (QED) is 0.0551. The molecule has 9 aliphatic heterocycles. The first-order valence-corrected chi connectivity index (χ1v) is 59.8. The van der Waals surface area contributed by atoms with E-state index < -0.39 is 69.3 Å². The number of aromatic nitrogens is 3. The van der Waals surface area contributed by atoms with Gasteiger partial charge in [0, 0.05) is 159 Å². The molecule has 12 heterocycles. The number of rotatable bonds is 20. The molecule has 3 spiro atoms. The van der Waals surface area contributed by atoms with Crippen LogP contribution in [-0.2, 0) is 64.1 Å². The van der Waals surface area contributed by atoms with Crippen LogP contribution in [0.5, 0.6) is 17.2 Å². The van der Waals surface area contributed by atoms with Crippen molar-refractivity contribution in [2.24, 2.45) is 16.2 Å². The van der Waals surface area contributed by atoms with E-state index in [0.717, 1.165) is 239 Å². The molecule has 6 aliphatic carbocycles. The largest absolute Gasteiger partial charge is 0.497 e. The lowest BCUT2D eigenvalue weighted by Gasteiger charge is -2.44. The molecule has 9 aromatic rings. The van der Waals surface area contributed by atoms with E-state index in [1.807, 2.05) is 54.6 Å². The van der Waals surface area contributed by atoms with Gasteiger partial charge in [0.05, 0.1) is 71.4 Å². The third-order valence-electron chi connectivity index (χ3n) is 38.1. The minimum atomic E-state index is -3.80. The Morgan fingerprint density at radius 2 is 0.705 bits per heavy atom. The molecule has 15 aliphatic rings. The molecule has 24 rings (SSSR count). The predicted molar refractivity (Wildman–Crippen MR) is 570 cm³/mol. The number of ether oxygens (including phenoxy) is 3. The predicted octanol–water partition coefficient (Wildman–Crippen LogP) is 18.9. The van der Waals surface area contributed by atoms with Gasteiger partial charge in [0.15, 0.2) is 0 Å². The van der Waals surface area contributed by atoms with Crippen molar-refractivity contribution in [3.05, 3.63) is 159 Å². The van der Waals surface area contributed by atoms with Gasteiger partial charge in [0.1, 0.15) is 17.2 Å². The number of hydrogen-bond donors (Lipinski definition) is 4. The zero-order chi connectivity index (χ0) is 102. The van der Waals surface area contributed by atoms with Gasteiger partial charge in [-0.05, 0) is 337 Å². The number of hydrogen-bond acceptors (Lipinski definition) is 18. The Kier molecular flexibility index (Phi) is 26.6. The van der Waals surface area contributed by atoms with Gasteiger partial charge in [0.2, 0.25) is 47.8 Å². The highest BCUT2D eigenvalue weighted by Crippen LogP contribution is 2.70. The molecule has 0 bridgehead atoms. The van der Waals surface area contributed by atoms with Crippen molar-refractivity contribution >= 4 is 98.2 Å². The minimum Gasteiger partial charge on any atom is -0.497 e. The number of likely N-dealkylation sites (tertiary alicyclic amines) is 5. The smallest absolute Gasteiger partial charge is 0.264 e. The van der Waals surface area contributed by atoms with Gasteiger partial charge in [-0.25, -0.2) is 39.4 Å². The van der Waals surface area contributed by atoms with Crippen LogP contribution in [-0.4, -0.2) is 227 Å². The normalized spacial score (nSPS) is 25.0. The van der Waals surface area contributed by atoms with Gasteiger partial charge >= 0.3 is 0 Å². The van der Waals surface area contributed by atoms with Crippen molar-refractivity contribution in [3.63, 3.8) is 0 Å². The Hall–Kier alpha value is -10.1. The molecule has 6 amide bonds. The van der Waals surface area contributed by atoms with Gasteiger partial charge in [0.25, 0.3) is 17.7 Å². The number of sulfonamides is 3. The summed E-state index contributed by atoms with van der Waals surface area (Å²) in [6.45, 7) is 16.3. The Morgan fingerprint density at radius 1 is 0.384 bits per heavy atom. The fourth-order valence-electron chi connectivity index (χ4n) is 29.7. The number of methoxy groups -OCH3 is 3. The molecule has 4 N–H and O–H groups in total. The Balaban J connectivity index is 0.000000125. The first-order valence-electron chi connectivity index (χ1n) is 55.0. The fraction of sp³-hybridized carbons (Fsp3) is 0.586. The number of amides is 6. The topological polar surface area (TPSA) is 312 Å². The maximum Gasteiger partial charge on any atom is 0.264 e.